The number of carbonyl (C=O) groups is 2. The summed E-state index contributed by atoms with van der Waals surface area (Å²) in [5.41, 5.74) is -0.434. The van der Waals surface area contributed by atoms with E-state index in [2.05, 4.69) is 5.32 Å². The molecule has 0 atom stereocenters. The summed E-state index contributed by atoms with van der Waals surface area (Å²) in [4.78, 5) is 25.4. The van der Waals surface area contributed by atoms with Crippen molar-refractivity contribution in [3.8, 4) is 11.5 Å². The Morgan fingerprint density at radius 3 is 2.15 bits per heavy atom. The molecule has 0 bridgehead atoms. The van der Waals surface area contributed by atoms with Crippen LogP contribution in [0, 0.1) is 11.6 Å². The van der Waals surface area contributed by atoms with Gasteiger partial charge in [-0.2, -0.15) is 0 Å². The van der Waals surface area contributed by atoms with Gasteiger partial charge in [0, 0.05) is 28.5 Å². The van der Waals surface area contributed by atoms with E-state index in [0.29, 0.717) is 27.1 Å². The van der Waals surface area contributed by atoms with Crippen molar-refractivity contribution >= 4 is 40.0 Å². The van der Waals surface area contributed by atoms with Gasteiger partial charge in [-0.15, -0.1) is 0 Å². The summed E-state index contributed by atoms with van der Waals surface area (Å²) in [5, 5.41) is 4.83. The first-order valence-electron chi connectivity index (χ1n) is 9.83. The Morgan fingerprint density at radius 2 is 1.48 bits per heavy atom. The van der Waals surface area contributed by atoms with Crippen LogP contribution in [-0.2, 0) is 0 Å². The minimum Gasteiger partial charge on any atom is -0.457 e. The summed E-state index contributed by atoms with van der Waals surface area (Å²) < 4.78 is 33.7. The van der Waals surface area contributed by atoms with Gasteiger partial charge in [0.2, 0.25) is 0 Å². The van der Waals surface area contributed by atoms with Crippen molar-refractivity contribution in [2.45, 2.75) is 0 Å². The molecule has 4 rings (SSSR count). The highest BCUT2D eigenvalue weighted by Gasteiger charge is 2.24. The van der Waals surface area contributed by atoms with Crippen LogP contribution in [-0.4, -0.2) is 23.9 Å². The van der Waals surface area contributed by atoms with Crippen LogP contribution in [0.3, 0.4) is 0 Å². The molecule has 4 aromatic rings. The second-order valence-electron chi connectivity index (χ2n) is 7.11. The predicted octanol–water partition coefficient (Wildman–Crippen LogP) is 6.87. The highest BCUT2D eigenvalue weighted by Crippen LogP contribution is 2.34. The van der Waals surface area contributed by atoms with Crippen molar-refractivity contribution < 1.29 is 23.1 Å². The SMILES string of the molecule is CN(C(=O)Nc1ccc(Oc2ccc(Cl)c3ccccc23)cc1)C(=O)c1c(F)cccc1F. The number of urea groups is 1. The molecule has 8 heteroatoms. The molecule has 0 aliphatic carbocycles. The van der Waals surface area contributed by atoms with Crippen molar-refractivity contribution in [3.63, 3.8) is 0 Å². The molecule has 0 aliphatic rings. The fourth-order valence-corrected chi connectivity index (χ4v) is 3.45. The van der Waals surface area contributed by atoms with E-state index in [1.54, 1.807) is 36.4 Å². The standard InChI is InChI=1S/C25H17ClF2N2O3/c1-30(24(31)23-20(27)7-4-8-21(23)28)25(32)29-15-9-11-16(12-10-15)33-22-14-13-19(26)17-5-2-3-6-18(17)22/h2-14H,1H3,(H,29,32). The van der Waals surface area contributed by atoms with E-state index in [1.165, 1.54) is 0 Å². The first-order valence-corrected chi connectivity index (χ1v) is 10.2. The van der Waals surface area contributed by atoms with E-state index in [4.69, 9.17) is 16.3 Å². The average molecular weight is 467 g/mol. The van der Waals surface area contributed by atoms with Crippen LogP contribution in [0.15, 0.2) is 78.9 Å². The Kier molecular flexibility index (Phi) is 6.24. The predicted molar refractivity (Wildman–Crippen MR) is 123 cm³/mol. The van der Waals surface area contributed by atoms with E-state index >= 15 is 0 Å². The fourth-order valence-electron chi connectivity index (χ4n) is 3.23. The van der Waals surface area contributed by atoms with Gasteiger partial charge in [-0.25, -0.2) is 13.6 Å². The molecule has 1 N–H and O–H groups in total. The second kappa shape index (κ2) is 9.26. The molecule has 5 nitrogen and oxygen atoms in total. The molecular formula is C25H17ClF2N2O3. The Morgan fingerprint density at radius 1 is 0.848 bits per heavy atom. The van der Waals surface area contributed by atoms with Crippen LogP contribution in [0.4, 0.5) is 19.3 Å². The van der Waals surface area contributed by atoms with Gasteiger partial charge in [0.05, 0.1) is 0 Å². The number of benzene rings is 4. The van der Waals surface area contributed by atoms with Gasteiger partial charge in [-0.05, 0) is 48.5 Å². The van der Waals surface area contributed by atoms with Crippen LogP contribution >= 0.6 is 11.6 Å². The van der Waals surface area contributed by atoms with Crippen LogP contribution < -0.4 is 10.1 Å². The zero-order chi connectivity index (χ0) is 23.5. The molecule has 0 heterocycles. The summed E-state index contributed by atoms with van der Waals surface area (Å²) in [6.45, 7) is 0. The van der Waals surface area contributed by atoms with Gasteiger partial charge in [0.15, 0.2) is 0 Å². The molecule has 0 aromatic heterocycles. The molecule has 33 heavy (non-hydrogen) atoms. The molecule has 0 spiro atoms. The molecule has 0 unspecified atom stereocenters. The minimum atomic E-state index is -1.10. The summed E-state index contributed by atoms with van der Waals surface area (Å²) in [7, 11) is 1.13. The van der Waals surface area contributed by atoms with Crippen molar-refractivity contribution in [1.82, 2.24) is 4.90 Å². The van der Waals surface area contributed by atoms with E-state index in [9.17, 15) is 18.4 Å². The van der Waals surface area contributed by atoms with Crippen molar-refractivity contribution in [1.29, 1.82) is 0 Å². The van der Waals surface area contributed by atoms with Crippen molar-refractivity contribution in [3.05, 3.63) is 101 Å². The molecule has 0 saturated heterocycles. The minimum absolute atomic E-state index is 0.363. The number of ether oxygens (including phenoxy) is 1. The summed E-state index contributed by atoms with van der Waals surface area (Å²) >= 11 is 6.24. The number of amides is 3. The topological polar surface area (TPSA) is 58.6 Å². The number of carbonyl (C=O) groups excluding carboxylic acids is 2. The van der Waals surface area contributed by atoms with Crippen LogP contribution in [0.1, 0.15) is 10.4 Å². The largest absolute Gasteiger partial charge is 0.457 e. The molecular weight excluding hydrogens is 450 g/mol. The Bertz CT molecular complexity index is 1340. The smallest absolute Gasteiger partial charge is 0.328 e. The van der Waals surface area contributed by atoms with Crippen molar-refractivity contribution in [2.24, 2.45) is 0 Å². The molecule has 166 valence electrons. The molecule has 3 amide bonds. The molecule has 0 saturated carbocycles. The summed E-state index contributed by atoms with van der Waals surface area (Å²) in [5.74, 6) is -2.06. The lowest BCUT2D eigenvalue weighted by Gasteiger charge is -2.17. The summed E-state index contributed by atoms with van der Waals surface area (Å²) in [6, 6.07) is 19.7. The molecule has 0 aliphatic heterocycles. The van der Waals surface area contributed by atoms with E-state index in [0.717, 1.165) is 36.0 Å². The Labute approximate surface area is 193 Å². The third-order valence-corrected chi connectivity index (χ3v) is 5.28. The third kappa shape index (κ3) is 4.63. The highest BCUT2D eigenvalue weighted by molar-refractivity contribution is 6.35. The molecule has 0 radical (unpaired) electrons. The van der Waals surface area contributed by atoms with E-state index in [-0.39, 0.29) is 0 Å². The average Bonchev–Trinajstić information content (AvgIpc) is 2.81. The maximum atomic E-state index is 13.9. The zero-order valence-corrected chi connectivity index (χ0v) is 18.1. The first-order chi connectivity index (χ1) is 15.8. The van der Waals surface area contributed by atoms with Crippen LogP contribution in [0.2, 0.25) is 5.02 Å². The lowest BCUT2D eigenvalue weighted by atomic mass is 10.1. The quantitative estimate of drug-likeness (QED) is 0.357. The zero-order valence-electron chi connectivity index (χ0n) is 17.3. The Hall–Kier alpha value is -3.97. The lowest BCUT2D eigenvalue weighted by molar-refractivity contribution is 0.0831. The van der Waals surface area contributed by atoms with Gasteiger partial charge in [-0.3, -0.25) is 9.69 Å². The van der Waals surface area contributed by atoms with Gasteiger partial charge in [-0.1, -0.05) is 41.9 Å². The maximum Gasteiger partial charge on any atom is 0.328 e. The van der Waals surface area contributed by atoms with Gasteiger partial charge >= 0.3 is 6.03 Å². The molecule has 0 fully saturated rings. The van der Waals surface area contributed by atoms with E-state index < -0.39 is 29.1 Å². The second-order valence-corrected chi connectivity index (χ2v) is 7.52. The number of nitrogens with zero attached hydrogens (tertiary/aromatic N) is 1. The number of hydrogen-bond acceptors (Lipinski definition) is 3. The Balaban J connectivity index is 1.46. The fraction of sp³-hybridized carbons (Fsp3) is 0.0400. The molecule has 4 aromatic carbocycles. The first kappa shape index (κ1) is 22.2. The van der Waals surface area contributed by atoms with Gasteiger partial charge in [0.1, 0.15) is 28.7 Å². The number of halogens is 3. The summed E-state index contributed by atoms with van der Waals surface area (Å²) in [6.07, 6.45) is 0. The van der Waals surface area contributed by atoms with Crippen LogP contribution in [0.5, 0.6) is 11.5 Å². The van der Waals surface area contributed by atoms with E-state index in [1.807, 2.05) is 24.3 Å². The van der Waals surface area contributed by atoms with Crippen LogP contribution in [0.25, 0.3) is 10.8 Å². The third-order valence-electron chi connectivity index (χ3n) is 4.95. The van der Waals surface area contributed by atoms with Gasteiger partial charge in [0.25, 0.3) is 5.91 Å². The highest BCUT2D eigenvalue weighted by atomic mass is 35.5. The number of anilines is 1. The number of imide groups is 1. The monoisotopic (exact) mass is 466 g/mol. The number of rotatable bonds is 4. The number of hydrogen-bond donors (Lipinski definition) is 1. The normalized spacial score (nSPS) is 10.7. The van der Waals surface area contributed by atoms with Gasteiger partial charge < -0.3 is 10.1 Å². The van der Waals surface area contributed by atoms with Crippen molar-refractivity contribution in [2.75, 3.05) is 12.4 Å². The lowest BCUT2D eigenvalue weighted by Crippen LogP contribution is -2.37. The maximum absolute atomic E-state index is 13.9. The number of nitrogens with one attached hydrogen (secondary N) is 1. The number of fused-ring (bicyclic) bond motifs is 1.